The summed E-state index contributed by atoms with van der Waals surface area (Å²) in [6.07, 6.45) is 10.7. The molecule has 3 nitrogen and oxygen atoms in total. The van der Waals surface area contributed by atoms with E-state index in [4.69, 9.17) is 0 Å². The Hall–Kier alpha value is -1.61. The first kappa shape index (κ1) is 13.1. The molecule has 1 atom stereocenters. The highest BCUT2D eigenvalue weighted by Crippen LogP contribution is 2.32. The van der Waals surface area contributed by atoms with E-state index in [-0.39, 0.29) is 0 Å². The van der Waals surface area contributed by atoms with Crippen LogP contribution in [0.2, 0.25) is 0 Å². The van der Waals surface area contributed by atoms with Gasteiger partial charge in [0.2, 0.25) is 0 Å². The van der Waals surface area contributed by atoms with Crippen LogP contribution in [-0.4, -0.2) is 15.6 Å². The van der Waals surface area contributed by atoms with Crippen LogP contribution < -0.4 is 5.32 Å². The molecule has 1 unspecified atom stereocenters. The van der Waals surface area contributed by atoms with Gasteiger partial charge in [-0.25, -0.2) is 4.98 Å². The second-order valence-corrected chi connectivity index (χ2v) is 6.50. The molecular weight excluding hydrogens is 258 g/mol. The van der Waals surface area contributed by atoms with E-state index in [0.717, 1.165) is 19.1 Å². The molecule has 0 aliphatic heterocycles. The normalized spacial score (nSPS) is 21.2. The lowest BCUT2D eigenvalue weighted by molar-refractivity contribution is 0.483. The zero-order chi connectivity index (χ0) is 14.1. The van der Waals surface area contributed by atoms with Crippen LogP contribution in [0.1, 0.15) is 48.4 Å². The molecule has 0 bridgehead atoms. The van der Waals surface area contributed by atoms with Crippen molar-refractivity contribution in [3.63, 3.8) is 0 Å². The van der Waals surface area contributed by atoms with Crippen LogP contribution in [0.25, 0.3) is 0 Å². The molecule has 21 heavy (non-hydrogen) atoms. The monoisotopic (exact) mass is 281 g/mol. The maximum Gasteiger partial charge on any atom is 0.0950 e. The van der Waals surface area contributed by atoms with E-state index in [2.05, 4.69) is 45.3 Å². The summed E-state index contributed by atoms with van der Waals surface area (Å²) in [6.45, 7) is 1.98. The van der Waals surface area contributed by atoms with Crippen LogP contribution in [0.3, 0.4) is 0 Å². The topological polar surface area (TPSA) is 29.9 Å². The molecule has 2 aliphatic rings. The average Bonchev–Trinajstić information content (AvgIpc) is 3.25. The third-order valence-electron chi connectivity index (χ3n) is 4.76. The fourth-order valence-corrected chi connectivity index (χ4v) is 3.43. The zero-order valence-corrected chi connectivity index (χ0v) is 12.5. The average molecular weight is 281 g/mol. The van der Waals surface area contributed by atoms with E-state index in [9.17, 15) is 0 Å². The van der Waals surface area contributed by atoms with Crippen molar-refractivity contribution in [2.45, 2.75) is 57.2 Å². The predicted octanol–water partition coefficient (Wildman–Crippen LogP) is 3.26. The van der Waals surface area contributed by atoms with E-state index in [1.165, 1.54) is 37.8 Å². The van der Waals surface area contributed by atoms with Crippen molar-refractivity contribution in [1.29, 1.82) is 0 Å². The fourth-order valence-electron chi connectivity index (χ4n) is 3.43. The number of nitrogens with one attached hydrogen (secondary N) is 1. The van der Waals surface area contributed by atoms with Crippen LogP contribution >= 0.6 is 0 Å². The number of hydrogen-bond acceptors (Lipinski definition) is 2. The number of fused-ring (bicyclic) bond motifs is 1. The van der Waals surface area contributed by atoms with Gasteiger partial charge in [0, 0.05) is 31.2 Å². The maximum absolute atomic E-state index is 4.54. The zero-order valence-electron chi connectivity index (χ0n) is 12.5. The summed E-state index contributed by atoms with van der Waals surface area (Å²) >= 11 is 0. The second kappa shape index (κ2) is 5.64. The highest BCUT2D eigenvalue weighted by molar-refractivity contribution is 5.32. The molecule has 1 fully saturated rings. The van der Waals surface area contributed by atoms with Gasteiger partial charge in [-0.2, -0.15) is 0 Å². The van der Waals surface area contributed by atoms with Crippen molar-refractivity contribution in [3.8, 4) is 0 Å². The molecule has 1 heterocycles. The number of rotatable bonds is 5. The number of nitrogens with zero attached hydrogens (tertiary/aromatic N) is 2. The van der Waals surface area contributed by atoms with E-state index < -0.39 is 0 Å². The van der Waals surface area contributed by atoms with Crippen LogP contribution in [0.15, 0.2) is 36.8 Å². The molecule has 1 aromatic carbocycles. The minimum Gasteiger partial charge on any atom is -0.337 e. The summed E-state index contributed by atoms with van der Waals surface area (Å²) in [5.41, 5.74) is 4.27. The van der Waals surface area contributed by atoms with Gasteiger partial charge in [-0.15, -0.1) is 0 Å². The van der Waals surface area contributed by atoms with Gasteiger partial charge in [0.05, 0.1) is 12.0 Å². The first-order valence-corrected chi connectivity index (χ1v) is 8.20. The number of aryl methyl sites for hydroxylation is 1. The second-order valence-electron chi connectivity index (χ2n) is 6.50. The molecule has 4 rings (SSSR count). The highest BCUT2D eigenvalue weighted by atomic mass is 15.1. The Kier molecular flexibility index (Phi) is 3.52. The van der Waals surface area contributed by atoms with Gasteiger partial charge in [0.1, 0.15) is 0 Å². The Morgan fingerprint density at radius 3 is 3.00 bits per heavy atom. The summed E-state index contributed by atoms with van der Waals surface area (Å²) in [5, 5.41) is 3.53. The SMILES string of the molecule is c1ccc2c(c1)CCCC2Cn1cnc(CNC2CC2)c1. The van der Waals surface area contributed by atoms with Gasteiger partial charge < -0.3 is 9.88 Å². The summed E-state index contributed by atoms with van der Waals surface area (Å²) in [4.78, 5) is 4.54. The van der Waals surface area contributed by atoms with Gasteiger partial charge in [-0.05, 0) is 43.2 Å². The van der Waals surface area contributed by atoms with Crippen molar-refractivity contribution in [3.05, 3.63) is 53.6 Å². The molecule has 0 saturated heterocycles. The van der Waals surface area contributed by atoms with Crippen LogP contribution in [0, 0.1) is 0 Å². The minimum atomic E-state index is 0.647. The van der Waals surface area contributed by atoms with Crippen LogP contribution in [0.4, 0.5) is 0 Å². The molecule has 0 spiro atoms. The number of benzene rings is 1. The summed E-state index contributed by atoms with van der Waals surface area (Å²) in [5.74, 6) is 0.647. The Bertz CT molecular complexity index is 612. The van der Waals surface area contributed by atoms with Crippen molar-refractivity contribution in [2.75, 3.05) is 0 Å². The summed E-state index contributed by atoms with van der Waals surface area (Å²) in [6, 6.07) is 9.70. The Labute approximate surface area is 126 Å². The Balaban J connectivity index is 1.44. The Morgan fingerprint density at radius 2 is 2.10 bits per heavy atom. The smallest absolute Gasteiger partial charge is 0.0950 e. The maximum atomic E-state index is 4.54. The van der Waals surface area contributed by atoms with E-state index >= 15 is 0 Å². The molecule has 1 aromatic heterocycles. The fraction of sp³-hybridized carbons (Fsp3) is 0.500. The van der Waals surface area contributed by atoms with Gasteiger partial charge in [0.15, 0.2) is 0 Å². The number of hydrogen-bond donors (Lipinski definition) is 1. The van der Waals surface area contributed by atoms with Crippen molar-refractivity contribution < 1.29 is 0 Å². The first-order chi connectivity index (χ1) is 10.4. The lowest BCUT2D eigenvalue weighted by Gasteiger charge is -2.25. The summed E-state index contributed by atoms with van der Waals surface area (Å²) in [7, 11) is 0. The van der Waals surface area contributed by atoms with Gasteiger partial charge in [0.25, 0.3) is 0 Å². The molecule has 110 valence electrons. The van der Waals surface area contributed by atoms with Gasteiger partial charge in [-0.3, -0.25) is 0 Å². The summed E-state index contributed by atoms with van der Waals surface area (Å²) < 4.78 is 2.27. The molecule has 0 amide bonds. The third-order valence-corrected chi connectivity index (χ3v) is 4.76. The number of aromatic nitrogens is 2. The van der Waals surface area contributed by atoms with E-state index in [1.807, 2.05) is 6.33 Å². The molecule has 3 heteroatoms. The predicted molar refractivity (Wildman–Crippen MR) is 84.2 cm³/mol. The molecule has 1 saturated carbocycles. The van der Waals surface area contributed by atoms with E-state index in [1.54, 1.807) is 11.1 Å². The minimum absolute atomic E-state index is 0.647. The van der Waals surface area contributed by atoms with Crippen LogP contribution in [-0.2, 0) is 19.5 Å². The molecule has 2 aliphatic carbocycles. The molecular formula is C18H23N3. The quantitative estimate of drug-likeness (QED) is 0.911. The standard InChI is InChI=1S/C18H23N3/c1-2-7-18-14(4-1)5-3-6-15(18)11-21-12-17(20-13-21)10-19-16-8-9-16/h1-2,4,7,12-13,15-16,19H,3,5-6,8-11H2. The van der Waals surface area contributed by atoms with Crippen molar-refractivity contribution in [2.24, 2.45) is 0 Å². The molecule has 1 N–H and O–H groups in total. The largest absolute Gasteiger partial charge is 0.337 e. The van der Waals surface area contributed by atoms with Crippen LogP contribution in [0.5, 0.6) is 0 Å². The lowest BCUT2D eigenvalue weighted by Crippen LogP contribution is -2.16. The van der Waals surface area contributed by atoms with Crippen molar-refractivity contribution in [1.82, 2.24) is 14.9 Å². The van der Waals surface area contributed by atoms with Crippen molar-refractivity contribution >= 4 is 0 Å². The van der Waals surface area contributed by atoms with Gasteiger partial charge in [-0.1, -0.05) is 24.3 Å². The van der Waals surface area contributed by atoms with Gasteiger partial charge >= 0.3 is 0 Å². The molecule has 0 radical (unpaired) electrons. The highest BCUT2D eigenvalue weighted by Gasteiger charge is 2.21. The lowest BCUT2D eigenvalue weighted by atomic mass is 9.83. The third kappa shape index (κ3) is 3.03. The first-order valence-electron chi connectivity index (χ1n) is 8.20. The van der Waals surface area contributed by atoms with E-state index in [0.29, 0.717) is 5.92 Å². The number of imidazole rings is 1. The molecule has 2 aromatic rings. The Morgan fingerprint density at radius 1 is 1.19 bits per heavy atom.